The lowest BCUT2D eigenvalue weighted by Gasteiger charge is -2.10. The first kappa shape index (κ1) is 17.0. The molecule has 0 aliphatic rings. The lowest BCUT2D eigenvalue weighted by atomic mass is 10.2. The van der Waals surface area contributed by atoms with Crippen LogP contribution in [-0.4, -0.2) is 14.1 Å². The largest absolute Gasteiger partial charge is 0.384 e. The fraction of sp³-hybridized carbons (Fsp3) is 0.235. The van der Waals surface area contributed by atoms with Crippen LogP contribution in [0.25, 0.3) is 11.3 Å². The van der Waals surface area contributed by atoms with E-state index in [1.165, 1.54) is 35.6 Å². The van der Waals surface area contributed by atoms with Gasteiger partial charge in [0, 0.05) is 24.7 Å². The van der Waals surface area contributed by atoms with Crippen LogP contribution in [0.3, 0.4) is 0 Å². The summed E-state index contributed by atoms with van der Waals surface area (Å²) in [4.78, 5) is 29.9. The smallest absolute Gasteiger partial charge is 0.332 e. The lowest BCUT2D eigenvalue weighted by Crippen LogP contribution is -2.39. The number of thiazole rings is 1. The van der Waals surface area contributed by atoms with Gasteiger partial charge in [0.15, 0.2) is 5.13 Å². The minimum absolute atomic E-state index is 0.114. The standard InChI is InChI=1S/C17H19N5O2S/c1-9-5-7-11(8-6-9)19-16-20-13(10(2)25-16)12-14(18)21(3)17(24)22(4)15(12)23/h5-8H,18H2,1-4H3,(H,19,20). The van der Waals surface area contributed by atoms with Crippen LogP contribution >= 0.6 is 11.3 Å². The first-order chi connectivity index (χ1) is 11.8. The highest BCUT2D eigenvalue weighted by Gasteiger charge is 2.20. The molecule has 0 spiro atoms. The Morgan fingerprint density at radius 2 is 1.72 bits per heavy atom. The Labute approximate surface area is 148 Å². The minimum atomic E-state index is -0.461. The number of aryl methyl sites for hydroxylation is 2. The fourth-order valence-electron chi connectivity index (χ4n) is 2.52. The summed E-state index contributed by atoms with van der Waals surface area (Å²) in [7, 11) is 2.97. The van der Waals surface area contributed by atoms with E-state index in [1.807, 2.05) is 38.1 Å². The minimum Gasteiger partial charge on any atom is -0.384 e. The second kappa shape index (κ2) is 6.21. The maximum atomic E-state index is 12.5. The van der Waals surface area contributed by atoms with Crippen LogP contribution in [0.1, 0.15) is 10.4 Å². The van der Waals surface area contributed by atoms with Crippen molar-refractivity contribution >= 4 is 28.0 Å². The topological polar surface area (TPSA) is 94.9 Å². The van der Waals surface area contributed by atoms with Gasteiger partial charge in [-0.1, -0.05) is 17.7 Å². The zero-order valence-corrected chi connectivity index (χ0v) is 15.3. The summed E-state index contributed by atoms with van der Waals surface area (Å²) in [6.07, 6.45) is 0. The number of hydrogen-bond donors (Lipinski definition) is 2. The number of hydrogen-bond acceptors (Lipinski definition) is 6. The molecular formula is C17H19N5O2S. The first-order valence-electron chi connectivity index (χ1n) is 7.66. The van der Waals surface area contributed by atoms with Crippen molar-refractivity contribution in [3.05, 3.63) is 55.5 Å². The van der Waals surface area contributed by atoms with Gasteiger partial charge in [-0.3, -0.25) is 13.9 Å². The average molecular weight is 357 g/mol. The third-order valence-corrected chi connectivity index (χ3v) is 4.93. The van der Waals surface area contributed by atoms with Crippen molar-refractivity contribution in [2.75, 3.05) is 11.1 Å². The summed E-state index contributed by atoms with van der Waals surface area (Å²) in [5.74, 6) is 0.114. The quantitative estimate of drug-likeness (QED) is 0.749. The summed E-state index contributed by atoms with van der Waals surface area (Å²) in [6.45, 7) is 3.89. The van der Waals surface area contributed by atoms with Gasteiger partial charge in [-0.15, -0.1) is 11.3 Å². The molecule has 25 heavy (non-hydrogen) atoms. The number of aromatic nitrogens is 3. The molecule has 0 aliphatic carbocycles. The molecule has 3 N–H and O–H groups in total. The highest BCUT2D eigenvalue weighted by atomic mass is 32.1. The van der Waals surface area contributed by atoms with Crippen LogP contribution in [-0.2, 0) is 14.1 Å². The maximum absolute atomic E-state index is 12.5. The third kappa shape index (κ3) is 2.96. The number of anilines is 3. The van der Waals surface area contributed by atoms with Crippen molar-refractivity contribution < 1.29 is 0 Å². The average Bonchev–Trinajstić information content (AvgIpc) is 2.94. The number of nitrogens with two attached hydrogens (primary N) is 1. The Kier molecular flexibility index (Phi) is 4.22. The van der Waals surface area contributed by atoms with Crippen LogP contribution in [0.4, 0.5) is 16.6 Å². The fourth-order valence-corrected chi connectivity index (χ4v) is 3.36. The van der Waals surface area contributed by atoms with Gasteiger partial charge < -0.3 is 11.1 Å². The maximum Gasteiger partial charge on any atom is 0.332 e. The third-order valence-electron chi connectivity index (χ3n) is 4.05. The predicted octanol–water partition coefficient (Wildman–Crippen LogP) is 2.15. The molecule has 0 bridgehead atoms. The van der Waals surface area contributed by atoms with Gasteiger partial charge in [0.25, 0.3) is 5.56 Å². The van der Waals surface area contributed by atoms with Crippen molar-refractivity contribution in [2.24, 2.45) is 14.1 Å². The number of nitrogen functional groups attached to an aromatic ring is 1. The molecule has 2 heterocycles. The van der Waals surface area contributed by atoms with E-state index in [1.54, 1.807) is 0 Å². The first-order valence-corrected chi connectivity index (χ1v) is 8.48. The second-order valence-corrected chi connectivity index (χ2v) is 7.08. The molecular weight excluding hydrogens is 338 g/mol. The van der Waals surface area contributed by atoms with Crippen molar-refractivity contribution in [1.82, 2.24) is 14.1 Å². The number of nitrogens with one attached hydrogen (secondary N) is 1. The van der Waals surface area contributed by atoms with Gasteiger partial charge in [0.2, 0.25) is 0 Å². The molecule has 0 radical (unpaired) electrons. The predicted molar refractivity (Wildman–Crippen MR) is 102 cm³/mol. The Morgan fingerprint density at radius 1 is 1.08 bits per heavy atom. The second-order valence-electron chi connectivity index (χ2n) is 5.88. The highest BCUT2D eigenvalue weighted by Crippen LogP contribution is 2.32. The van der Waals surface area contributed by atoms with Crippen LogP contribution in [0.15, 0.2) is 33.9 Å². The van der Waals surface area contributed by atoms with E-state index < -0.39 is 11.2 Å². The Bertz CT molecular complexity index is 1060. The molecule has 0 unspecified atom stereocenters. The van der Waals surface area contributed by atoms with E-state index in [9.17, 15) is 9.59 Å². The van der Waals surface area contributed by atoms with E-state index in [4.69, 9.17) is 5.73 Å². The van der Waals surface area contributed by atoms with Crippen LogP contribution in [0, 0.1) is 13.8 Å². The zero-order chi connectivity index (χ0) is 18.3. The van der Waals surface area contributed by atoms with Crippen LogP contribution in [0.2, 0.25) is 0 Å². The molecule has 130 valence electrons. The summed E-state index contributed by atoms with van der Waals surface area (Å²) >= 11 is 1.43. The molecule has 7 nitrogen and oxygen atoms in total. The van der Waals surface area contributed by atoms with Gasteiger partial charge in [-0.25, -0.2) is 9.78 Å². The SMILES string of the molecule is Cc1ccc(Nc2nc(-c3c(N)n(C)c(=O)n(C)c3=O)c(C)s2)cc1. The van der Waals surface area contributed by atoms with E-state index in [-0.39, 0.29) is 11.4 Å². The summed E-state index contributed by atoms with van der Waals surface area (Å²) in [5, 5.41) is 3.89. The monoisotopic (exact) mass is 357 g/mol. The summed E-state index contributed by atoms with van der Waals surface area (Å²) in [6, 6.07) is 7.94. The molecule has 0 amide bonds. The molecule has 0 saturated carbocycles. The molecule has 0 aliphatic heterocycles. The Balaban J connectivity index is 2.09. The normalized spacial score (nSPS) is 10.9. The molecule has 2 aromatic heterocycles. The highest BCUT2D eigenvalue weighted by molar-refractivity contribution is 7.16. The molecule has 1 aromatic carbocycles. The molecule has 3 aromatic rings. The van der Waals surface area contributed by atoms with Gasteiger partial charge in [0.05, 0.1) is 5.69 Å². The van der Waals surface area contributed by atoms with Gasteiger partial charge in [-0.2, -0.15) is 0 Å². The number of benzene rings is 1. The van der Waals surface area contributed by atoms with Gasteiger partial charge >= 0.3 is 5.69 Å². The van der Waals surface area contributed by atoms with E-state index >= 15 is 0 Å². The molecule has 8 heteroatoms. The van der Waals surface area contributed by atoms with Crippen molar-refractivity contribution in [3.63, 3.8) is 0 Å². The zero-order valence-electron chi connectivity index (χ0n) is 14.5. The number of nitrogens with zero attached hydrogens (tertiary/aromatic N) is 3. The van der Waals surface area contributed by atoms with E-state index in [0.29, 0.717) is 10.8 Å². The van der Waals surface area contributed by atoms with Crippen molar-refractivity contribution in [1.29, 1.82) is 0 Å². The van der Waals surface area contributed by atoms with Crippen molar-refractivity contribution in [2.45, 2.75) is 13.8 Å². The van der Waals surface area contributed by atoms with Gasteiger partial charge in [-0.05, 0) is 26.0 Å². The van der Waals surface area contributed by atoms with Gasteiger partial charge in [0.1, 0.15) is 11.4 Å². The van der Waals surface area contributed by atoms with Crippen LogP contribution in [0.5, 0.6) is 0 Å². The summed E-state index contributed by atoms with van der Waals surface area (Å²) < 4.78 is 2.29. The van der Waals surface area contributed by atoms with E-state index in [0.717, 1.165) is 15.1 Å². The Hall–Kier alpha value is -2.87. The number of rotatable bonds is 3. The molecule has 0 atom stereocenters. The summed E-state index contributed by atoms with van der Waals surface area (Å²) in [5.41, 5.74) is 7.94. The molecule has 0 fully saturated rings. The Morgan fingerprint density at radius 3 is 2.36 bits per heavy atom. The molecule has 3 rings (SSSR count). The van der Waals surface area contributed by atoms with Crippen LogP contribution < -0.4 is 22.3 Å². The van der Waals surface area contributed by atoms with Crippen molar-refractivity contribution in [3.8, 4) is 11.3 Å². The molecule has 0 saturated heterocycles. The van der Waals surface area contributed by atoms with E-state index in [2.05, 4.69) is 10.3 Å². The lowest BCUT2D eigenvalue weighted by molar-refractivity contribution is 0.696.